The van der Waals surface area contributed by atoms with Gasteiger partial charge in [-0.3, -0.25) is 14.9 Å². The lowest BCUT2D eigenvalue weighted by Crippen LogP contribution is -1.98. The van der Waals surface area contributed by atoms with E-state index >= 15 is 0 Å². The normalized spacial score (nSPS) is 10.6. The smallest absolute Gasteiger partial charge is 0.271 e. The molecule has 0 aliphatic carbocycles. The number of hydrogen-bond acceptors (Lipinski definition) is 4. The van der Waals surface area contributed by atoms with Crippen LogP contribution in [0.2, 0.25) is 5.02 Å². The van der Waals surface area contributed by atoms with Crippen molar-refractivity contribution in [2.24, 2.45) is 0 Å². The molecule has 6 heteroatoms. The number of benzene rings is 2. The number of carbonyl (C=O) groups excluding carboxylic acids is 1. The molecule has 0 unspecified atom stereocenters. The molecule has 2 aromatic carbocycles. The fraction of sp³-hybridized carbons (Fsp3) is 0.0625. The average molecular weight is 317 g/mol. The van der Waals surface area contributed by atoms with Crippen LogP contribution in [0.5, 0.6) is 0 Å². The number of ketones is 1. The lowest BCUT2D eigenvalue weighted by Gasteiger charge is -2.04. The SMILES string of the molecule is Cc1ccc([N+](=O)[O-])cc1N/C=C/C(=O)c1ccc(Cl)cc1. The number of anilines is 1. The van der Waals surface area contributed by atoms with Gasteiger partial charge in [0.2, 0.25) is 0 Å². The van der Waals surface area contributed by atoms with Crippen LogP contribution in [0.15, 0.2) is 54.7 Å². The number of nitrogens with zero attached hydrogens (tertiary/aromatic N) is 1. The highest BCUT2D eigenvalue weighted by Gasteiger charge is 2.07. The lowest BCUT2D eigenvalue weighted by atomic mass is 10.1. The van der Waals surface area contributed by atoms with Crippen LogP contribution in [-0.4, -0.2) is 10.7 Å². The van der Waals surface area contributed by atoms with Crippen molar-refractivity contribution >= 4 is 28.8 Å². The number of non-ortho nitro benzene ring substituents is 1. The van der Waals surface area contributed by atoms with E-state index in [1.54, 1.807) is 30.3 Å². The Labute approximate surface area is 132 Å². The van der Waals surface area contributed by atoms with E-state index in [0.29, 0.717) is 16.3 Å². The Morgan fingerprint density at radius 2 is 1.91 bits per heavy atom. The number of carbonyl (C=O) groups is 1. The highest BCUT2D eigenvalue weighted by atomic mass is 35.5. The van der Waals surface area contributed by atoms with Crippen molar-refractivity contribution in [3.63, 3.8) is 0 Å². The minimum absolute atomic E-state index is 0.00877. The van der Waals surface area contributed by atoms with Crippen molar-refractivity contribution < 1.29 is 9.72 Å². The van der Waals surface area contributed by atoms with Gasteiger partial charge in [0.05, 0.1) is 4.92 Å². The Kier molecular flexibility index (Phi) is 4.91. The maximum atomic E-state index is 11.9. The topological polar surface area (TPSA) is 72.2 Å². The van der Waals surface area contributed by atoms with Crippen LogP contribution in [-0.2, 0) is 0 Å². The second-order valence-corrected chi connectivity index (χ2v) is 5.04. The van der Waals surface area contributed by atoms with Gasteiger partial charge < -0.3 is 5.32 Å². The summed E-state index contributed by atoms with van der Waals surface area (Å²) in [5.74, 6) is -0.188. The number of halogens is 1. The molecule has 0 fully saturated rings. The first-order valence-corrected chi connectivity index (χ1v) is 6.83. The summed E-state index contributed by atoms with van der Waals surface area (Å²) < 4.78 is 0. The summed E-state index contributed by atoms with van der Waals surface area (Å²) in [4.78, 5) is 22.2. The molecule has 0 heterocycles. The standard InChI is InChI=1S/C16H13ClN2O3/c1-11-2-7-14(19(21)22)10-15(11)18-9-8-16(20)12-3-5-13(17)6-4-12/h2-10,18H,1H3/b9-8+. The zero-order valence-corrected chi connectivity index (χ0v) is 12.5. The Morgan fingerprint density at radius 3 is 2.55 bits per heavy atom. The Bertz CT molecular complexity index is 740. The first kappa shape index (κ1) is 15.7. The number of hydrogen-bond donors (Lipinski definition) is 1. The van der Waals surface area contributed by atoms with E-state index in [1.165, 1.54) is 24.4 Å². The number of nitro benzene ring substituents is 1. The fourth-order valence-corrected chi connectivity index (χ4v) is 1.92. The van der Waals surface area contributed by atoms with Crippen molar-refractivity contribution in [3.05, 3.63) is 81.0 Å². The molecule has 0 saturated heterocycles. The van der Waals surface area contributed by atoms with E-state index in [4.69, 9.17) is 11.6 Å². The first-order valence-electron chi connectivity index (χ1n) is 6.45. The van der Waals surface area contributed by atoms with Gasteiger partial charge in [-0.05, 0) is 36.8 Å². The van der Waals surface area contributed by atoms with Gasteiger partial charge in [0.25, 0.3) is 5.69 Å². The fourth-order valence-electron chi connectivity index (χ4n) is 1.80. The van der Waals surface area contributed by atoms with Crippen molar-refractivity contribution in [1.82, 2.24) is 0 Å². The molecule has 0 bridgehead atoms. The maximum Gasteiger partial charge on any atom is 0.271 e. The van der Waals surface area contributed by atoms with E-state index < -0.39 is 4.92 Å². The largest absolute Gasteiger partial charge is 0.361 e. The lowest BCUT2D eigenvalue weighted by molar-refractivity contribution is -0.384. The van der Waals surface area contributed by atoms with Gasteiger partial charge in [0.1, 0.15) is 0 Å². The van der Waals surface area contributed by atoms with Gasteiger partial charge in [-0.15, -0.1) is 0 Å². The molecular weight excluding hydrogens is 304 g/mol. The molecule has 0 amide bonds. The van der Waals surface area contributed by atoms with Gasteiger partial charge in [0.15, 0.2) is 5.78 Å². The minimum atomic E-state index is -0.465. The molecule has 5 nitrogen and oxygen atoms in total. The van der Waals surface area contributed by atoms with Crippen LogP contribution in [0, 0.1) is 17.0 Å². The average Bonchev–Trinajstić information content (AvgIpc) is 2.49. The van der Waals surface area contributed by atoms with Gasteiger partial charge in [0, 0.05) is 40.7 Å². The molecule has 0 radical (unpaired) electrons. The molecular formula is C16H13ClN2O3. The monoisotopic (exact) mass is 316 g/mol. The molecule has 1 N–H and O–H groups in total. The third-order valence-corrected chi connectivity index (χ3v) is 3.29. The summed E-state index contributed by atoms with van der Waals surface area (Å²) in [6.07, 6.45) is 2.82. The first-order chi connectivity index (χ1) is 10.5. The summed E-state index contributed by atoms with van der Waals surface area (Å²) in [7, 11) is 0. The van der Waals surface area contributed by atoms with Gasteiger partial charge in [-0.2, -0.15) is 0 Å². The van der Waals surface area contributed by atoms with Crippen molar-refractivity contribution in [3.8, 4) is 0 Å². The van der Waals surface area contributed by atoms with Crippen LogP contribution in [0.4, 0.5) is 11.4 Å². The van der Waals surface area contributed by atoms with E-state index in [2.05, 4.69) is 5.32 Å². The molecule has 22 heavy (non-hydrogen) atoms. The molecule has 0 atom stereocenters. The van der Waals surface area contributed by atoms with Crippen LogP contribution in [0.1, 0.15) is 15.9 Å². The summed E-state index contributed by atoms with van der Waals surface area (Å²) in [5.41, 5.74) is 1.92. The summed E-state index contributed by atoms with van der Waals surface area (Å²) in [6, 6.07) is 11.0. The van der Waals surface area contributed by atoms with Crippen LogP contribution in [0.25, 0.3) is 0 Å². The van der Waals surface area contributed by atoms with E-state index in [1.807, 2.05) is 6.92 Å². The molecule has 0 aliphatic heterocycles. The molecule has 0 spiro atoms. The quantitative estimate of drug-likeness (QED) is 0.385. The van der Waals surface area contributed by atoms with Crippen molar-refractivity contribution in [1.29, 1.82) is 0 Å². The van der Waals surface area contributed by atoms with E-state index in [0.717, 1.165) is 5.56 Å². The van der Waals surface area contributed by atoms with E-state index in [9.17, 15) is 14.9 Å². The Morgan fingerprint density at radius 1 is 1.23 bits per heavy atom. The van der Waals surface area contributed by atoms with Crippen molar-refractivity contribution in [2.45, 2.75) is 6.92 Å². The molecule has 2 rings (SSSR count). The number of aryl methyl sites for hydroxylation is 1. The van der Waals surface area contributed by atoms with Crippen LogP contribution >= 0.6 is 11.6 Å². The molecule has 2 aromatic rings. The summed E-state index contributed by atoms with van der Waals surface area (Å²) >= 11 is 5.76. The molecule has 112 valence electrons. The number of allylic oxidation sites excluding steroid dienone is 1. The molecule has 0 aromatic heterocycles. The zero-order valence-electron chi connectivity index (χ0n) is 11.7. The zero-order chi connectivity index (χ0) is 16.1. The van der Waals surface area contributed by atoms with E-state index in [-0.39, 0.29) is 11.5 Å². The molecule has 0 aliphatic rings. The van der Waals surface area contributed by atoms with Gasteiger partial charge in [-0.1, -0.05) is 17.7 Å². The van der Waals surface area contributed by atoms with Crippen LogP contribution in [0.3, 0.4) is 0 Å². The third-order valence-electron chi connectivity index (χ3n) is 3.03. The maximum absolute atomic E-state index is 11.9. The Balaban J connectivity index is 2.09. The highest BCUT2D eigenvalue weighted by Crippen LogP contribution is 2.21. The summed E-state index contributed by atoms with van der Waals surface area (Å²) in [6.45, 7) is 1.82. The predicted octanol–water partition coefficient (Wildman–Crippen LogP) is 4.37. The van der Waals surface area contributed by atoms with Gasteiger partial charge in [-0.25, -0.2) is 0 Å². The highest BCUT2D eigenvalue weighted by molar-refractivity contribution is 6.30. The number of nitrogens with one attached hydrogen (secondary N) is 1. The summed E-state index contributed by atoms with van der Waals surface area (Å²) in [5, 5.41) is 14.2. The second kappa shape index (κ2) is 6.87. The Hall–Kier alpha value is -2.66. The van der Waals surface area contributed by atoms with Crippen molar-refractivity contribution in [2.75, 3.05) is 5.32 Å². The number of nitro groups is 1. The molecule has 0 saturated carbocycles. The predicted molar refractivity (Wildman–Crippen MR) is 86.4 cm³/mol. The number of rotatable bonds is 5. The van der Waals surface area contributed by atoms with Gasteiger partial charge >= 0.3 is 0 Å². The van der Waals surface area contributed by atoms with Crippen LogP contribution < -0.4 is 5.32 Å². The minimum Gasteiger partial charge on any atom is -0.361 e. The third kappa shape index (κ3) is 3.93. The second-order valence-electron chi connectivity index (χ2n) is 4.61.